The number of benzene rings is 1. The normalized spacial score (nSPS) is 13.6. The summed E-state index contributed by atoms with van der Waals surface area (Å²) in [5.74, 6) is -2.99. The zero-order valence-corrected chi connectivity index (χ0v) is 21.6. The molecule has 1 rings (SSSR count). The quantitative estimate of drug-likeness (QED) is 0.388. The lowest BCUT2D eigenvalue weighted by Gasteiger charge is -2.26. The molecule has 8 heteroatoms. The molecular weight excluding hydrogens is 438 g/mol. The number of rotatable bonds is 10. The Bertz CT molecular complexity index is 835. The number of nitrogens with one attached hydrogen (secondary N) is 1. The Morgan fingerprint density at radius 3 is 1.91 bits per heavy atom. The highest BCUT2D eigenvalue weighted by molar-refractivity contribution is 5.92. The predicted octanol–water partition coefficient (Wildman–Crippen LogP) is 4.59. The molecule has 0 aliphatic carbocycles. The Balaban J connectivity index is 2.97. The largest absolute Gasteiger partial charge is 0.461 e. The van der Waals surface area contributed by atoms with Gasteiger partial charge in [-0.2, -0.15) is 0 Å². The van der Waals surface area contributed by atoms with E-state index in [1.54, 1.807) is 67.5 Å². The average Bonchev–Trinajstić information content (AvgIpc) is 2.67. The van der Waals surface area contributed by atoms with Crippen molar-refractivity contribution in [2.45, 2.75) is 92.1 Å². The van der Waals surface area contributed by atoms with E-state index in [4.69, 9.17) is 14.2 Å². The van der Waals surface area contributed by atoms with Crippen molar-refractivity contribution in [1.82, 2.24) is 5.32 Å². The molecule has 0 aliphatic rings. The highest BCUT2D eigenvalue weighted by Crippen LogP contribution is 2.20. The second kappa shape index (κ2) is 12.5. The van der Waals surface area contributed by atoms with Crippen LogP contribution in [0.1, 0.15) is 73.8 Å². The van der Waals surface area contributed by atoms with Gasteiger partial charge in [0, 0.05) is 6.42 Å². The van der Waals surface area contributed by atoms with E-state index in [1.165, 1.54) is 0 Å². The molecule has 0 aromatic heterocycles. The van der Waals surface area contributed by atoms with Crippen LogP contribution in [0.5, 0.6) is 0 Å². The summed E-state index contributed by atoms with van der Waals surface area (Å²) in [4.78, 5) is 50.6. The molecule has 1 aromatic carbocycles. The molecule has 0 saturated carbocycles. The van der Waals surface area contributed by atoms with Crippen molar-refractivity contribution in [2.24, 2.45) is 11.8 Å². The molecule has 2 atom stereocenters. The van der Waals surface area contributed by atoms with Gasteiger partial charge in [-0.05, 0) is 53.0 Å². The van der Waals surface area contributed by atoms with E-state index in [0.29, 0.717) is 0 Å². The number of ether oxygens (including phenoxy) is 3. The molecule has 190 valence electrons. The first-order chi connectivity index (χ1) is 15.6. The second-order valence-corrected chi connectivity index (χ2v) is 10.6. The Morgan fingerprint density at radius 1 is 0.853 bits per heavy atom. The monoisotopic (exact) mass is 477 g/mol. The third kappa shape index (κ3) is 11.8. The third-order valence-electron chi connectivity index (χ3n) is 4.52. The molecule has 1 aromatic rings. The molecule has 0 saturated heterocycles. The number of esters is 2. The fraction of sp³-hybridized carbons (Fsp3) is 0.615. The maximum atomic E-state index is 13.1. The lowest BCUT2D eigenvalue weighted by Crippen LogP contribution is -2.47. The Hall–Kier alpha value is -2.90. The van der Waals surface area contributed by atoms with E-state index >= 15 is 0 Å². The minimum atomic E-state index is -1.05. The smallest absolute Gasteiger partial charge is 0.408 e. The lowest BCUT2D eigenvalue weighted by atomic mass is 9.91. The van der Waals surface area contributed by atoms with Crippen LogP contribution in [0.25, 0.3) is 0 Å². The predicted molar refractivity (Wildman–Crippen MR) is 128 cm³/mol. The molecule has 8 nitrogen and oxygen atoms in total. The standard InChI is InChI=1S/C26H39NO7/c1-17(2)22(27-24(31)34-26(6,7)8)20(28)14-19(15-21(29)33-25(3,4)5)23(30)32-16-18-12-10-9-11-13-18/h9-13,17,19,22H,14-16H2,1-8H3,(H,27,31)/t19-,22+/m1/s1. The summed E-state index contributed by atoms with van der Waals surface area (Å²) in [6, 6.07) is 8.21. The fourth-order valence-corrected chi connectivity index (χ4v) is 3.09. The fourth-order valence-electron chi connectivity index (χ4n) is 3.09. The van der Waals surface area contributed by atoms with E-state index < -0.39 is 47.0 Å². The Labute approximate surface area is 202 Å². The summed E-state index contributed by atoms with van der Waals surface area (Å²) in [7, 11) is 0. The van der Waals surface area contributed by atoms with Gasteiger partial charge < -0.3 is 19.5 Å². The first-order valence-electron chi connectivity index (χ1n) is 11.5. The van der Waals surface area contributed by atoms with Gasteiger partial charge in [0.1, 0.15) is 17.8 Å². The number of ketones is 1. The van der Waals surface area contributed by atoms with E-state index in [1.807, 2.05) is 18.2 Å². The van der Waals surface area contributed by atoms with Crippen LogP contribution in [0.4, 0.5) is 4.79 Å². The summed E-state index contributed by atoms with van der Waals surface area (Å²) in [6.07, 6.45) is -1.32. The summed E-state index contributed by atoms with van der Waals surface area (Å²) in [5, 5.41) is 2.59. The molecule has 0 fully saturated rings. The number of hydrogen-bond donors (Lipinski definition) is 1. The maximum Gasteiger partial charge on any atom is 0.408 e. The van der Waals surface area contributed by atoms with Gasteiger partial charge in [-0.1, -0.05) is 44.2 Å². The number of hydrogen-bond acceptors (Lipinski definition) is 7. The molecule has 1 amide bonds. The van der Waals surface area contributed by atoms with E-state index in [9.17, 15) is 19.2 Å². The Kier molecular flexibility index (Phi) is 10.7. The second-order valence-electron chi connectivity index (χ2n) is 10.6. The number of Topliss-reactive ketones (excluding diaryl/α,β-unsaturated/α-hetero) is 1. The topological polar surface area (TPSA) is 108 Å². The van der Waals surface area contributed by atoms with Crippen molar-refractivity contribution in [3.63, 3.8) is 0 Å². The van der Waals surface area contributed by atoms with Crippen LogP contribution in [0, 0.1) is 11.8 Å². The molecule has 0 unspecified atom stereocenters. The molecule has 0 heterocycles. The molecule has 0 spiro atoms. The van der Waals surface area contributed by atoms with Crippen molar-refractivity contribution in [1.29, 1.82) is 0 Å². The van der Waals surface area contributed by atoms with Gasteiger partial charge in [0.05, 0.1) is 18.4 Å². The zero-order chi connectivity index (χ0) is 26.1. The van der Waals surface area contributed by atoms with Gasteiger partial charge in [0.15, 0.2) is 5.78 Å². The van der Waals surface area contributed by atoms with E-state index in [0.717, 1.165) is 5.56 Å². The van der Waals surface area contributed by atoms with Crippen LogP contribution in [-0.4, -0.2) is 41.1 Å². The highest BCUT2D eigenvalue weighted by Gasteiger charge is 2.33. The summed E-state index contributed by atoms with van der Waals surface area (Å²) < 4.78 is 16.0. The van der Waals surface area contributed by atoms with E-state index in [2.05, 4.69) is 5.32 Å². The van der Waals surface area contributed by atoms with Gasteiger partial charge >= 0.3 is 18.0 Å². The summed E-state index contributed by atoms with van der Waals surface area (Å²) >= 11 is 0. The van der Waals surface area contributed by atoms with Crippen LogP contribution >= 0.6 is 0 Å². The SMILES string of the molecule is CC(C)[C@H](NC(=O)OC(C)(C)C)C(=O)C[C@H](CC(=O)OC(C)(C)C)C(=O)OCc1ccccc1. The summed E-state index contributed by atoms with van der Waals surface area (Å²) in [6.45, 7) is 13.9. The van der Waals surface area contributed by atoms with Crippen LogP contribution in [0.2, 0.25) is 0 Å². The number of carbonyl (C=O) groups excluding carboxylic acids is 4. The van der Waals surface area contributed by atoms with Gasteiger partial charge in [0.25, 0.3) is 0 Å². The first kappa shape index (κ1) is 29.1. The highest BCUT2D eigenvalue weighted by atomic mass is 16.6. The van der Waals surface area contributed by atoms with Crippen LogP contribution < -0.4 is 5.32 Å². The van der Waals surface area contributed by atoms with Crippen molar-refractivity contribution in [3.05, 3.63) is 35.9 Å². The summed E-state index contributed by atoms with van der Waals surface area (Å²) in [5.41, 5.74) is -0.683. The number of alkyl carbamates (subject to hydrolysis) is 1. The molecule has 0 bridgehead atoms. The van der Waals surface area contributed by atoms with Crippen LogP contribution in [0.15, 0.2) is 30.3 Å². The minimum absolute atomic E-state index is 0.0163. The lowest BCUT2D eigenvalue weighted by molar-refractivity contribution is -0.162. The van der Waals surface area contributed by atoms with Gasteiger partial charge in [0.2, 0.25) is 0 Å². The molecular formula is C26H39NO7. The molecule has 34 heavy (non-hydrogen) atoms. The van der Waals surface area contributed by atoms with Crippen molar-refractivity contribution in [3.8, 4) is 0 Å². The van der Waals surface area contributed by atoms with Crippen LogP contribution in [-0.2, 0) is 35.2 Å². The van der Waals surface area contributed by atoms with Crippen molar-refractivity contribution in [2.75, 3.05) is 0 Å². The van der Waals surface area contributed by atoms with E-state index in [-0.39, 0.29) is 25.4 Å². The average molecular weight is 478 g/mol. The van der Waals surface area contributed by atoms with Crippen molar-refractivity contribution >= 4 is 23.8 Å². The van der Waals surface area contributed by atoms with Crippen molar-refractivity contribution < 1.29 is 33.4 Å². The molecule has 0 radical (unpaired) electrons. The molecule has 0 aliphatic heterocycles. The first-order valence-corrected chi connectivity index (χ1v) is 11.5. The minimum Gasteiger partial charge on any atom is -0.461 e. The number of carbonyl (C=O) groups is 4. The zero-order valence-electron chi connectivity index (χ0n) is 21.6. The number of amides is 1. The van der Waals surface area contributed by atoms with Gasteiger partial charge in [-0.25, -0.2) is 4.79 Å². The maximum absolute atomic E-state index is 13.1. The molecule has 1 N–H and O–H groups in total. The van der Waals surface area contributed by atoms with Crippen LogP contribution in [0.3, 0.4) is 0 Å². The third-order valence-corrected chi connectivity index (χ3v) is 4.52. The van der Waals surface area contributed by atoms with Gasteiger partial charge in [-0.15, -0.1) is 0 Å². The Morgan fingerprint density at radius 2 is 1.41 bits per heavy atom. The van der Waals surface area contributed by atoms with Gasteiger partial charge in [-0.3, -0.25) is 14.4 Å².